The Morgan fingerprint density at radius 2 is 2.00 bits per heavy atom. The van der Waals surface area contributed by atoms with E-state index in [1.807, 2.05) is 36.3 Å². The largest absolute Gasteiger partial charge is 0.323 e. The Morgan fingerprint density at radius 3 is 2.71 bits per heavy atom. The normalized spacial score (nSPS) is 11.2. The number of carbonyl (C=O) groups is 1. The number of carbonyl (C=O) groups excluding carboxylic acids is 1. The molecular formula is C18H23N5O. The molecule has 0 saturated carbocycles. The topological polar surface area (TPSA) is 64.7 Å². The van der Waals surface area contributed by atoms with E-state index in [1.165, 1.54) is 5.56 Å². The highest BCUT2D eigenvalue weighted by molar-refractivity contribution is 5.92. The standard InChI is InChI=1S/C18H23N5O/c1-5-22-14(4)18(13(3)21-22)20-17(24)8-9-23-16-10-12(2)6-7-15(16)11-19-23/h6-7,10-11H,5,8-9H2,1-4H3,(H,20,24). The Bertz CT molecular complexity index is 890. The Balaban J connectivity index is 1.69. The lowest BCUT2D eigenvalue weighted by atomic mass is 10.2. The zero-order valence-corrected chi connectivity index (χ0v) is 14.6. The Labute approximate surface area is 141 Å². The number of nitrogens with one attached hydrogen (secondary N) is 1. The maximum absolute atomic E-state index is 12.3. The van der Waals surface area contributed by atoms with Gasteiger partial charge in [0.25, 0.3) is 0 Å². The lowest BCUT2D eigenvalue weighted by Crippen LogP contribution is -2.16. The number of fused-ring (bicyclic) bond motifs is 1. The van der Waals surface area contributed by atoms with Crippen LogP contribution in [0.4, 0.5) is 5.69 Å². The number of hydrogen-bond donors (Lipinski definition) is 1. The van der Waals surface area contributed by atoms with Crippen LogP contribution < -0.4 is 5.32 Å². The number of hydrogen-bond acceptors (Lipinski definition) is 3. The summed E-state index contributed by atoms with van der Waals surface area (Å²) in [5.74, 6) is -0.0202. The predicted molar refractivity (Wildman–Crippen MR) is 95.1 cm³/mol. The molecule has 1 amide bonds. The SMILES string of the molecule is CCn1nc(C)c(NC(=O)CCn2ncc3ccc(C)cc32)c1C. The number of nitrogens with zero attached hydrogens (tertiary/aromatic N) is 4. The van der Waals surface area contributed by atoms with Crippen LogP contribution in [-0.2, 0) is 17.9 Å². The fourth-order valence-electron chi connectivity index (χ4n) is 2.95. The first-order valence-electron chi connectivity index (χ1n) is 8.25. The van der Waals surface area contributed by atoms with Crippen molar-refractivity contribution in [1.82, 2.24) is 19.6 Å². The van der Waals surface area contributed by atoms with Gasteiger partial charge in [0.2, 0.25) is 5.91 Å². The zero-order chi connectivity index (χ0) is 17.3. The molecule has 1 aromatic carbocycles. The molecule has 0 spiro atoms. The first-order valence-corrected chi connectivity index (χ1v) is 8.25. The average Bonchev–Trinajstić information content (AvgIpc) is 3.08. The summed E-state index contributed by atoms with van der Waals surface area (Å²) in [6.07, 6.45) is 2.22. The smallest absolute Gasteiger partial charge is 0.226 e. The minimum Gasteiger partial charge on any atom is -0.323 e. The lowest BCUT2D eigenvalue weighted by Gasteiger charge is -2.07. The third kappa shape index (κ3) is 3.04. The van der Waals surface area contributed by atoms with Gasteiger partial charge in [-0.15, -0.1) is 0 Å². The highest BCUT2D eigenvalue weighted by Gasteiger charge is 2.14. The number of rotatable bonds is 5. The molecule has 0 aliphatic heterocycles. The summed E-state index contributed by atoms with van der Waals surface area (Å²) in [5, 5.41) is 12.9. The summed E-state index contributed by atoms with van der Waals surface area (Å²) in [6, 6.07) is 6.22. The van der Waals surface area contributed by atoms with Gasteiger partial charge in [-0.1, -0.05) is 12.1 Å². The molecule has 0 fully saturated rings. The van der Waals surface area contributed by atoms with E-state index in [9.17, 15) is 4.79 Å². The first-order chi connectivity index (χ1) is 11.5. The van der Waals surface area contributed by atoms with E-state index in [1.54, 1.807) is 0 Å². The number of benzene rings is 1. The van der Waals surface area contributed by atoms with Gasteiger partial charge in [0.15, 0.2) is 0 Å². The van der Waals surface area contributed by atoms with Crippen LogP contribution in [0.5, 0.6) is 0 Å². The number of aryl methyl sites for hydroxylation is 4. The van der Waals surface area contributed by atoms with Crippen molar-refractivity contribution in [2.75, 3.05) is 5.32 Å². The lowest BCUT2D eigenvalue weighted by molar-refractivity contribution is -0.116. The number of anilines is 1. The van der Waals surface area contributed by atoms with Crippen molar-refractivity contribution in [3.05, 3.63) is 41.3 Å². The van der Waals surface area contributed by atoms with Gasteiger partial charge in [0, 0.05) is 18.4 Å². The van der Waals surface area contributed by atoms with Gasteiger partial charge >= 0.3 is 0 Å². The van der Waals surface area contributed by atoms with E-state index in [4.69, 9.17) is 0 Å². The molecule has 0 aliphatic carbocycles. The van der Waals surface area contributed by atoms with E-state index in [0.717, 1.165) is 34.5 Å². The first kappa shape index (κ1) is 16.2. The molecular weight excluding hydrogens is 302 g/mol. The van der Waals surface area contributed by atoms with Crippen molar-refractivity contribution in [2.24, 2.45) is 0 Å². The summed E-state index contributed by atoms with van der Waals surface area (Å²) >= 11 is 0. The second kappa shape index (κ2) is 6.47. The zero-order valence-electron chi connectivity index (χ0n) is 14.6. The van der Waals surface area contributed by atoms with Gasteiger partial charge in [-0.2, -0.15) is 10.2 Å². The summed E-state index contributed by atoms with van der Waals surface area (Å²) < 4.78 is 3.78. The van der Waals surface area contributed by atoms with E-state index in [0.29, 0.717) is 13.0 Å². The van der Waals surface area contributed by atoms with E-state index in [2.05, 4.69) is 40.6 Å². The van der Waals surface area contributed by atoms with Gasteiger partial charge in [0.1, 0.15) is 0 Å². The molecule has 0 atom stereocenters. The molecule has 6 heteroatoms. The predicted octanol–water partition coefficient (Wildman–Crippen LogP) is 3.21. The Kier molecular flexibility index (Phi) is 4.38. The number of amides is 1. The van der Waals surface area contributed by atoms with Crippen LogP contribution in [0.3, 0.4) is 0 Å². The highest BCUT2D eigenvalue weighted by Crippen LogP contribution is 2.20. The van der Waals surface area contributed by atoms with Crippen LogP contribution in [0, 0.1) is 20.8 Å². The van der Waals surface area contributed by atoms with Crippen molar-refractivity contribution in [3.63, 3.8) is 0 Å². The van der Waals surface area contributed by atoms with Crippen molar-refractivity contribution in [3.8, 4) is 0 Å². The van der Waals surface area contributed by atoms with Crippen LogP contribution >= 0.6 is 0 Å². The van der Waals surface area contributed by atoms with E-state index >= 15 is 0 Å². The van der Waals surface area contributed by atoms with Crippen molar-refractivity contribution >= 4 is 22.5 Å². The van der Waals surface area contributed by atoms with Gasteiger partial charge in [0.05, 0.1) is 35.3 Å². The quantitative estimate of drug-likeness (QED) is 0.783. The summed E-state index contributed by atoms with van der Waals surface area (Å²) in [6.45, 7) is 9.33. The molecule has 3 rings (SSSR count). The molecule has 126 valence electrons. The second-order valence-corrected chi connectivity index (χ2v) is 6.09. The summed E-state index contributed by atoms with van der Waals surface area (Å²) in [7, 11) is 0. The van der Waals surface area contributed by atoms with Crippen LogP contribution in [0.1, 0.15) is 30.3 Å². The van der Waals surface area contributed by atoms with E-state index in [-0.39, 0.29) is 5.91 Å². The van der Waals surface area contributed by atoms with Crippen molar-refractivity contribution in [2.45, 2.75) is 47.2 Å². The molecule has 2 heterocycles. The fourth-order valence-corrected chi connectivity index (χ4v) is 2.95. The third-order valence-electron chi connectivity index (χ3n) is 4.30. The minimum atomic E-state index is -0.0202. The molecule has 3 aromatic rings. The van der Waals surface area contributed by atoms with Crippen LogP contribution in [0.25, 0.3) is 10.9 Å². The molecule has 6 nitrogen and oxygen atoms in total. The van der Waals surface area contributed by atoms with Crippen molar-refractivity contribution in [1.29, 1.82) is 0 Å². The molecule has 2 aromatic heterocycles. The molecule has 1 N–H and O–H groups in total. The van der Waals surface area contributed by atoms with Crippen LogP contribution in [-0.4, -0.2) is 25.5 Å². The Hall–Kier alpha value is -2.63. The maximum Gasteiger partial charge on any atom is 0.226 e. The summed E-state index contributed by atoms with van der Waals surface area (Å²) in [4.78, 5) is 12.3. The van der Waals surface area contributed by atoms with Gasteiger partial charge < -0.3 is 5.32 Å². The van der Waals surface area contributed by atoms with Crippen LogP contribution in [0.2, 0.25) is 0 Å². The second-order valence-electron chi connectivity index (χ2n) is 6.09. The third-order valence-corrected chi connectivity index (χ3v) is 4.30. The summed E-state index contributed by atoms with van der Waals surface area (Å²) in [5.41, 5.74) is 4.91. The molecule has 0 bridgehead atoms. The van der Waals surface area contributed by atoms with Gasteiger partial charge in [-0.25, -0.2) is 0 Å². The molecule has 0 unspecified atom stereocenters. The highest BCUT2D eigenvalue weighted by atomic mass is 16.1. The maximum atomic E-state index is 12.3. The van der Waals surface area contributed by atoms with Gasteiger partial charge in [-0.05, 0) is 39.3 Å². The molecule has 0 saturated heterocycles. The monoisotopic (exact) mass is 325 g/mol. The minimum absolute atomic E-state index is 0.0202. The molecule has 0 aliphatic rings. The van der Waals surface area contributed by atoms with Crippen LogP contribution in [0.15, 0.2) is 24.4 Å². The Morgan fingerprint density at radius 1 is 1.21 bits per heavy atom. The molecule has 0 radical (unpaired) electrons. The van der Waals surface area contributed by atoms with E-state index < -0.39 is 0 Å². The molecule has 24 heavy (non-hydrogen) atoms. The fraction of sp³-hybridized carbons (Fsp3) is 0.389. The average molecular weight is 325 g/mol. The van der Waals surface area contributed by atoms with Crippen molar-refractivity contribution < 1.29 is 4.79 Å². The number of aromatic nitrogens is 4. The van der Waals surface area contributed by atoms with Gasteiger partial charge in [-0.3, -0.25) is 14.2 Å².